The molecule has 2 aromatic carbocycles. The van der Waals surface area contributed by atoms with Crippen LogP contribution in [0.1, 0.15) is 5.56 Å². The van der Waals surface area contributed by atoms with Gasteiger partial charge in [0.1, 0.15) is 11.4 Å². The van der Waals surface area contributed by atoms with Crippen LogP contribution in [-0.4, -0.2) is 29.6 Å². The number of hydrogen-bond donors (Lipinski definition) is 1. The normalized spacial score (nSPS) is 16.9. The Morgan fingerprint density at radius 1 is 1.10 bits per heavy atom. The highest BCUT2D eigenvalue weighted by Gasteiger charge is 2.37. The first-order valence-electron chi connectivity index (χ1n) is 8.10. The number of nitrogens with one attached hydrogen (secondary N) is 1. The van der Waals surface area contributed by atoms with E-state index in [2.05, 4.69) is 0 Å². The minimum atomic E-state index is -1.02. The Morgan fingerprint density at radius 2 is 1.76 bits per heavy atom. The number of amides is 4. The molecule has 0 atom stereocenters. The number of imide groups is 2. The van der Waals surface area contributed by atoms with Gasteiger partial charge in [0, 0.05) is 0 Å². The van der Waals surface area contributed by atoms with Gasteiger partial charge in [-0.05, 0) is 36.4 Å². The Hall–Kier alpha value is -4.28. The minimum Gasteiger partial charge on any atom is -0.454 e. The standard InChI is InChI=1S/C18H10FN3O7/c19-10-1-3-11(4-2-10)21-17(24)12(16(23)20-18(21)25)5-9-6-14-15(29-8-28-14)7-13(9)22(26)27/h1-7H,8H2,(H,20,23,25)/b12-5-. The fourth-order valence-electron chi connectivity index (χ4n) is 2.86. The van der Waals surface area contributed by atoms with Crippen molar-refractivity contribution in [2.24, 2.45) is 0 Å². The van der Waals surface area contributed by atoms with Crippen LogP contribution in [0.3, 0.4) is 0 Å². The number of halogens is 1. The van der Waals surface area contributed by atoms with E-state index in [1.54, 1.807) is 0 Å². The summed E-state index contributed by atoms with van der Waals surface area (Å²) in [6, 6.07) is 5.79. The van der Waals surface area contributed by atoms with Gasteiger partial charge in [0.15, 0.2) is 11.5 Å². The van der Waals surface area contributed by atoms with E-state index >= 15 is 0 Å². The summed E-state index contributed by atoms with van der Waals surface area (Å²) in [6.07, 6.45) is 0.987. The van der Waals surface area contributed by atoms with Crippen molar-refractivity contribution in [1.29, 1.82) is 0 Å². The van der Waals surface area contributed by atoms with Crippen LogP contribution in [0.5, 0.6) is 11.5 Å². The Morgan fingerprint density at radius 3 is 2.41 bits per heavy atom. The molecule has 10 nitrogen and oxygen atoms in total. The molecule has 2 aliphatic heterocycles. The summed E-state index contributed by atoms with van der Waals surface area (Å²) in [6.45, 7) is -0.126. The van der Waals surface area contributed by atoms with Crippen molar-refractivity contribution in [3.63, 3.8) is 0 Å². The molecule has 0 aliphatic carbocycles. The first kappa shape index (κ1) is 18.1. The SMILES string of the molecule is O=C1NC(=O)N(c2ccc(F)cc2)C(=O)/C1=C\c1cc2c(cc1[N+](=O)[O-])OCO2. The lowest BCUT2D eigenvalue weighted by atomic mass is 10.0. The van der Waals surface area contributed by atoms with E-state index in [1.807, 2.05) is 5.32 Å². The van der Waals surface area contributed by atoms with Crippen LogP contribution < -0.4 is 19.7 Å². The first-order chi connectivity index (χ1) is 13.8. The maximum absolute atomic E-state index is 13.1. The van der Waals surface area contributed by atoms with E-state index in [4.69, 9.17) is 9.47 Å². The molecule has 1 saturated heterocycles. The first-order valence-corrected chi connectivity index (χ1v) is 8.10. The van der Waals surface area contributed by atoms with E-state index in [0.717, 1.165) is 24.3 Å². The minimum absolute atomic E-state index is 0.0208. The van der Waals surface area contributed by atoms with Crippen LogP contribution in [0.4, 0.5) is 20.6 Å². The second kappa shape index (κ2) is 6.71. The third-order valence-corrected chi connectivity index (χ3v) is 4.20. The van der Waals surface area contributed by atoms with Crippen molar-refractivity contribution >= 4 is 35.3 Å². The van der Waals surface area contributed by atoms with Crippen molar-refractivity contribution in [2.45, 2.75) is 0 Å². The van der Waals surface area contributed by atoms with Gasteiger partial charge in [-0.1, -0.05) is 0 Å². The smallest absolute Gasteiger partial charge is 0.335 e. The predicted molar refractivity (Wildman–Crippen MR) is 94.6 cm³/mol. The number of rotatable bonds is 3. The molecule has 4 amide bonds. The highest BCUT2D eigenvalue weighted by atomic mass is 19.1. The number of carbonyl (C=O) groups is 3. The molecule has 146 valence electrons. The van der Waals surface area contributed by atoms with Crippen molar-refractivity contribution in [2.75, 3.05) is 11.7 Å². The van der Waals surface area contributed by atoms with Gasteiger partial charge >= 0.3 is 6.03 Å². The molecule has 0 bridgehead atoms. The Labute approximate surface area is 161 Å². The van der Waals surface area contributed by atoms with Crippen LogP contribution in [0.2, 0.25) is 0 Å². The summed E-state index contributed by atoms with van der Waals surface area (Å²) in [4.78, 5) is 48.5. The Bertz CT molecular complexity index is 1110. The molecule has 0 unspecified atom stereocenters. The third kappa shape index (κ3) is 3.14. The zero-order valence-electron chi connectivity index (χ0n) is 14.4. The number of nitro benzene ring substituents is 1. The predicted octanol–water partition coefficient (Wildman–Crippen LogP) is 2.13. The molecule has 1 fully saturated rings. The largest absolute Gasteiger partial charge is 0.454 e. The summed E-state index contributed by atoms with van der Waals surface area (Å²) in [5.74, 6) is -2.26. The van der Waals surface area contributed by atoms with Gasteiger partial charge in [0.25, 0.3) is 17.5 Å². The molecule has 11 heteroatoms. The topological polar surface area (TPSA) is 128 Å². The molecule has 2 aromatic rings. The molecule has 0 radical (unpaired) electrons. The molecule has 0 aromatic heterocycles. The van der Waals surface area contributed by atoms with Crippen LogP contribution in [0.15, 0.2) is 42.0 Å². The summed E-state index contributed by atoms with van der Waals surface area (Å²) in [7, 11) is 0. The lowest BCUT2D eigenvalue weighted by molar-refractivity contribution is -0.385. The Kier molecular flexibility index (Phi) is 4.19. The number of ether oxygens (including phenoxy) is 2. The highest BCUT2D eigenvalue weighted by Crippen LogP contribution is 2.39. The molecule has 0 spiro atoms. The molecule has 0 saturated carbocycles. The molecule has 29 heavy (non-hydrogen) atoms. The van der Waals surface area contributed by atoms with Gasteiger partial charge in [-0.15, -0.1) is 0 Å². The number of carbonyl (C=O) groups excluding carboxylic acids is 3. The number of nitro groups is 1. The number of fused-ring (bicyclic) bond motifs is 1. The third-order valence-electron chi connectivity index (χ3n) is 4.20. The van der Waals surface area contributed by atoms with E-state index in [1.165, 1.54) is 18.2 Å². The van der Waals surface area contributed by atoms with Crippen molar-refractivity contribution in [3.05, 3.63) is 63.5 Å². The van der Waals surface area contributed by atoms with Gasteiger partial charge in [0.2, 0.25) is 6.79 Å². The van der Waals surface area contributed by atoms with Crippen LogP contribution in [-0.2, 0) is 9.59 Å². The van der Waals surface area contributed by atoms with Crippen LogP contribution >= 0.6 is 0 Å². The fraction of sp³-hybridized carbons (Fsp3) is 0.0556. The van der Waals surface area contributed by atoms with Gasteiger partial charge < -0.3 is 9.47 Å². The monoisotopic (exact) mass is 399 g/mol. The van der Waals surface area contributed by atoms with Crippen LogP contribution in [0.25, 0.3) is 6.08 Å². The number of benzene rings is 2. The van der Waals surface area contributed by atoms with Gasteiger partial charge in [-0.2, -0.15) is 0 Å². The lowest BCUT2D eigenvalue weighted by Crippen LogP contribution is -2.54. The van der Waals surface area contributed by atoms with E-state index in [-0.39, 0.29) is 29.5 Å². The maximum atomic E-state index is 13.1. The summed E-state index contributed by atoms with van der Waals surface area (Å²) >= 11 is 0. The summed E-state index contributed by atoms with van der Waals surface area (Å²) in [5, 5.41) is 13.4. The number of barbiturate groups is 1. The van der Waals surface area contributed by atoms with Crippen molar-refractivity contribution in [3.8, 4) is 11.5 Å². The number of hydrogen-bond acceptors (Lipinski definition) is 7. The number of anilines is 1. The van der Waals surface area contributed by atoms with E-state index in [9.17, 15) is 28.9 Å². The molecule has 1 N–H and O–H groups in total. The van der Waals surface area contributed by atoms with Crippen molar-refractivity contribution in [1.82, 2.24) is 5.32 Å². The molecular weight excluding hydrogens is 389 g/mol. The summed E-state index contributed by atoms with van der Waals surface area (Å²) < 4.78 is 23.4. The van der Waals surface area contributed by atoms with Gasteiger partial charge in [0.05, 0.1) is 22.2 Å². The van der Waals surface area contributed by atoms with Gasteiger partial charge in [-0.3, -0.25) is 25.0 Å². The summed E-state index contributed by atoms with van der Waals surface area (Å²) in [5.41, 5.74) is -1.01. The molecule has 2 heterocycles. The second-order valence-electron chi connectivity index (χ2n) is 5.96. The maximum Gasteiger partial charge on any atom is 0.335 e. The van der Waals surface area contributed by atoms with E-state index in [0.29, 0.717) is 4.90 Å². The zero-order chi connectivity index (χ0) is 20.7. The lowest BCUT2D eigenvalue weighted by Gasteiger charge is -2.26. The van der Waals surface area contributed by atoms with Crippen LogP contribution in [0, 0.1) is 15.9 Å². The fourth-order valence-corrected chi connectivity index (χ4v) is 2.86. The zero-order valence-corrected chi connectivity index (χ0v) is 14.4. The van der Waals surface area contributed by atoms with Crippen molar-refractivity contribution < 1.29 is 33.2 Å². The quantitative estimate of drug-likeness (QED) is 0.362. The number of urea groups is 1. The van der Waals surface area contributed by atoms with Gasteiger partial charge in [-0.25, -0.2) is 14.1 Å². The molecular formula is C18H10FN3O7. The Balaban J connectivity index is 1.79. The average molecular weight is 399 g/mol. The molecule has 2 aliphatic rings. The van der Waals surface area contributed by atoms with E-state index < -0.39 is 39.8 Å². The second-order valence-corrected chi connectivity index (χ2v) is 5.96. The number of nitrogens with zero attached hydrogens (tertiary/aromatic N) is 2. The highest BCUT2D eigenvalue weighted by molar-refractivity contribution is 6.39. The molecule has 4 rings (SSSR count). The average Bonchev–Trinajstić information content (AvgIpc) is 3.13.